The van der Waals surface area contributed by atoms with Gasteiger partial charge in [0.05, 0.1) is 16.6 Å². The van der Waals surface area contributed by atoms with E-state index in [4.69, 9.17) is 0 Å². The number of carbonyl (C=O) groups is 1. The Balaban J connectivity index is 2.45. The summed E-state index contributed by atoms with van der Waals surface area (Å²) in [5.41, 5.74) is 2.09. The number of hydrogen-bond donors (Lipinski definition) is 1. The second kappa shape index (κ2) is 5.81. The number of amides is 1. The van der Waals surface area contributed by atoms with E-state index in [0.717, 1.165) is 12.0 Å². The van der Waals surface area contributed by atoms with Crippen molar-refractivity contribution in [1.29, 1.82) is 0 Å². The highest BCUT2D eigenvalue weighted by Gasteiger charge is 2.29. The fourth-order valence-electron chi connectivity index (χ4n) is 3.08. The van der Waals surface area contributed by atoms with Crippen LogP contribution in [0.2, 0.25) is 0 Å². The number of aryl methyl sites for hydroxylation is 2. The number of β-amino-alcohol motifs (C(OH)–C–C–N with tert-alkyl or cyclic N) is 1. The summed E-state index contributed by atoms with van der Waals surface area (Å²) >= 11 is 0. The first-order valence-corrected chi connectivity index (χ1v) is 7.05. The molecule has 21 heavy (non-hydrogen) atoms. The van der Waals surface area contributed by atoms with Crippen LogP contribution in [0.15, 0.2) is 6.07 Å². The third-order valence-corrected chi connectivity index (χ3v) is 4.01. The molecule has 0 radical (unpaired) electrons. The highest BCUT2D eigenvalue weighted by molar-refractivity contribution is 5.98. The fourth-order valence-corrected chi connectivity index (χ4v) is 3.08. The number of carbonyl (C=O) groups excluding carboxylic acids is 1. The van der Waals surface area contributed by atoms with Crippen molar-refractivity contribution in [3.05, 3.63) is 38.4 Å². The number of nitro groups is 1. The standard InChI is InChI=1S/C15H20N2O4/c1-9-7-10(2)14(17(20)21)11(3)13(9)15(19)16-6-4-5-12(18)8-16/h7,12,18H,4-6,8H2,1-3H3. The Bertz CT molecular complexity index is 598. The van der Waals surface area contributed by atoms with Crippen molar-refractivity contribution in [3.63, 3.8) is 0 Å². The van der Waals surface area contributed by atoms with Gasteiger partial charge in [0.15, 0.2) is 0 Å². The first-order chi connectivity index (χ1) is 9.82. The zero-order valence-electron chi connectivity index (χ0n) is 12.5. The predicted octanol–water partition coefficient (Wildman–Crippen LogP) is 2.12. The maximum Gasteiger partial charge on any atom is 0.275 e. The summed E-state index contributed by atoms with van der Waals surface area (Å²) in [5.74, 6) is -0.230. The van der Waals surface area contributed by atoms with Gasteiger partial charge < -0.3 is 10.0 Å². The third kappa shape index (κ3) is 2.90. The Kier molecular flexibility index (Phi) is 4.27. The highest BCUT2D eigenvalue weighted by atomic mass is 16.6. The lowest BCUT2D eigenvalue weighted by Crippen LogP contribution is -2.42. The van der Waals surface area contributed by atoms with Gasteiger partial charge in [-0.15, -0.1) is 0 Å². The van der Waals surface area contributed by atoms with E-state index < -0.39 is 11.0 Å². The second-order valence-electron chi connectivity index (χ2n) is 5.66. The van der Waals surface area contributed by atoms with Gasteiger partial charge in [-0.1, -0.05) is 0 Å². The predicted molar refractivity (Wildman–Crippen MR) is 78.5 cm³/mol. The maximum absolute atomic E-state index is 12.7. The lowest BCUT2D eigenvalue weighted by atomic mass is 9.95. The molecule has 1 N–H and O–H groups in total. The summed E-state index contributed by atoms with van der Waals surface area (Å²) in [6, 6.07) is 1.68. The number of benzene rings is 1. The topological polar surface area (TPSA) is 83.7 Å². The van der Waals surface area contributed by atoms with E-state index in [1.54, 1.807) is 31.7 Å². The summed E-state index contributed by atoms with van der Waals surface area (Å²) in [7, 11) is 0. The molecule has 0 spiro atoms. The van der Waals surface area contributed by atoms with E-state index in [1.807, 2.05) is 0 Å². The van der Waals surface area contributed by atoms with Crippen LogP contribution in [0.4, 0.5) is 5.69 Å². The fraction of sp³-hybridized carbons (Fsp3) is 0.533. The van der Waals surface area contributed by atoms with E-state index >= 15 is 0 Å². The molecule has 0 bridgehead atoms. The summed E-state index contributed by atoms with van der Waals surface area (Å²) in [5, 5.41) is 20.9. The molecule has 1 aromatic carbocycles. The Morgan fingerprint density at radius 2 is 2.05 bits per heavy atom. The van der Waals surface area contributed by atoms with Gasteiger partial charge in [0, 0.05) is 24.2 Å². The zero-order chi connectivity index (χ0) is 15.7. The van der Waals surface area contributed by atoms with Crippen molar-refractivity contribution in [1.82, 2.24) is 4.90 Å². The number of aliphatic hydroxyl groups excluding tert-OH is 1. The molecule has 1 aromatic rings. The number of piperidine rings is 1. The van der Waals surface area contributed by atoms with Crippen LogP contribution in [0.25, 0.3) is 0 Å². The zero-order valence-corrected chi connectivity index (χ0v) is 12.5. The first kappa shape index (κ1) is 15.4. The molecule has 0 aromatic heterocycles. The summed E-state index contributed by atoms with van der Waals surface area (Å²) in [6.07, 6.45) is 0.929. The number of likely N-dealkylation sites (tertiary alicyclic amines) is 1. The van der Waals surface area contributed by atoms with Crippen LogP contribution in [-0.2, 0) is 0 Å². The van der Waals surface area contributed by atoms with E-state index in [9.17, 15) is 20.0 Å². The van der Waals surface area contributed by atoms with Crippen molar-refractivity contribution in [3.8, 4) is 0 Å². The van der Waals surface area contributed by atoms with Gasteiger partial charge in [0.25, 0.3) is 11.6 Å². The molecule has 0 saturated carbocycles. The van der Waals surface area contributed by atoms with E-state index in [-0.39, 0.29) is 11.6 Å². The van der Waals surface area contributed by atoms with Crippen molar-refractivity contribution < 1.29 is 14.8 Å². The van der Waals surface area contributed by atoms with Gasteiger partial charge in [-0.25, -0.2) is 0 Å². The average molecular weight is 292 g/mol. The largest absolute Gasteiger partial charge is 0.391 e. The van der Waals surface area contributed by atoms with Gasteiger partial charge >= 0.3 is 0 Å². The lowest BCUT2D eigenvalue weighted by molar-refractivity contribution is -0.386. The Hall–Kier alpha value is -1.95. The van der Waals surface area contributed by atoms with Crippen LogP contribution in [0.3, 0.4) is 0 Å². The molecule has 6 nitrogen and oxygen atoms in total. The van der Waals surface area contributed by atoms with Gasteiger partial charge in [0.2, 0.25) is 0 Å². The van der Waals surface area contributed by atoms with E-state index in [2.05, 4.69) is 0 Å². The van der Waals surface area contributed by atoms with Crippen molar-refractivity contribution >= 4 is 11.6 Å². The molecule has 1 atom stereocenters. The van der Waals surface area contributed by atoms with Crippen LogP contribution in [0, 0.1) is 30.9 Å². The van der Waals surface area contributed by atoms with Crippen molar-refractivity contribution in [2.75, 3.05) is 13.1 Å². The quantitative estimate of drug-likeness (QED) is 0.668. The monoisotopic (exact) mass is 292 g/mol. The highest BCUT2D eigenvalue weighted by Crippen LogP contribution is 2.30. The molecule has 2 rings (SSSR count). The molecule has 1 unspecified atom stereocenters. The minimum absolute atomic E-state index is 0.00140. The molecule has 1 amide bonds. The van der Waals surface area contributed by atoms with Crippen LogP contribution in [-0.4, -0.2) is 40.0 Å². The molecule has 1 heterocycles. The molecule has 0 aliphatic carbocycles. The van der Waals surface area contributed by atoms with E-state index in [1.165, 1.54) is 0 Å². The van der Waals surface area contributed by atoms with Gasteiger partial charge in [-0.05, 0) is 45.2 Å². The Labute approximate surface area is 123 Å². The SMILES string of the molecule is Cc1cc(C)c([N+](=O)[O-])c(C)c1C(=O)N1CCCC(O)C1. The number of aliphatic hydroxyl groups is 1. The van der Waals surface area contributed by atoms with E-state index in [0.29, 0.717) is 36.2 Å². The second-order valence-corrected chi connectivity index (χ2v) is 5.66. The molecular formula is C15H20N2O4. The number of nitrogens with zero attached hydrogens (tertiary/aromatic N) is 2. The minimum atomic E-state index is -0.510. The smallest absolute Gasteiger partial charge is 0.275 e. The summed E-state index contributed by atoms with van der Waals surface area (Å²) in [6.45, 7) is 5.95. The maximum atomic E-state index is 12.7. The van der Waals surface area contributed by atoms with Gasteiger partial charge in [-0.3, -0.25) is 14.9 Å². The van der Waals surface area contributed by atoms with Crippen molar-refractivity contribution in [2.24, 2.45) is 0 Å². The van der Waals surface area contributed by atoms with Crippen LogP contribution in [0.1, 0.15) is 39.9 Å². The third-order valence-electron chi connectivity index (χ3n) is 4.01. The molecule has 1 fully saturated rings. The molecule has 1 aliphatic heterocycles. The summed E-state index contributed by atoms with van der Waals surface area (Å²) < 4.78 is 0. The first-order valence-electron chi connectivity index (χ1n) is 7.05. The molecule has 6 heteroatoms. The summed E-state index contributed by atoms with van der Waals surface area (Å²) in [4.78, 5) is 25.0. The number of hydrogen-bond acceptors (Lipinski definition) is 4. The Morgan fingerprint density at radius 1 is 1.38 bits per heavy atom. The number of nitro benzene ring substituents is 1. The molecule has 1 saturated heterocycles. The van der Waals surface area contributed by atoms with Crippen LogP contribution < -0.4 is 0 Å². The molecule has 1 aliphatic rings. The lowest BCUT2D eigenvalue weighted by Gasteiger charge is -2.31. The average Bonchev–Trinajstić information content (AvgIpc) is 2.37. The molecule has 114 valence electrons. The van der Waals surface area contributed by atoms with Gasteiger partial charge in [0.1, 0.15) is 0 Å². The van der Waals surface area contributed by atoms with Crippen LogP contribution >= 0.6 is 0 Å². The Morgan fingerprint density at radius 3 is 2.62 bits per heavy atom. The minimum Gasteiger partial charge on any atom is -0.391 e. The van der Waals surface area contributed by atoms with Gasteiger partial charge in [-0.2, -0.15) is 0 Å². The molecular weight excluding hydrogens is 272 g/mol. The number of rotatable bonds is 2. The normalized spacial score (nSPS) is 18.7. The van der Waals surface area contributed by atoms with Crippen molar-refractivity contribution in [2.45, 2.75) is 39.7 Å². The van der Waals surface area contributed by atoms with Crippen LogP contribution in [0.5, 0.6) is 0 Å².